The second-order valence-corrected chi connectivity index (χ2v) is 4.07. The molecule has 0 aromatic carbocycles. The predicted octanol–water partition coefficient (Wildman–Crippen LogP) is 3.14. The van der Waals surface area contributed by atoms with Gasteiger partial charge >= 0.3 is 0 Å². The molecule has 0 heterocycles. The first-order chi connectivity index (χ1) is 4.81. The van der Waals surface area contributed by atoms with Crippen molar-refractivity contribution in [3.63, 3.8) is 0 Å². The van der Waals surface area contributed by atoms with Crippen molar-refractivity contribution in [1.29, 1.82) is 0 Å². The van der Waals surface area contributed by atoms with Gasteiger partial charge in [0.05, 0.1) is 0 Å². The summed E-state index contributed by atoms with van der Waals surface area (Å²) in [6, 6.07) is 0. The second-order valence-electron chi connectivity index (χ2n) is 4.07. The van der Waals surface area contributed by atoms with Crippen LogP contribution in [0.5, 0.6) is 0 Å². The average molecular weight is 136 g/mol. The lowest BCUT2D eigenvalue weighted by Gasteiger charge is -2.31. The minimum atomic E-state index is 0.609. The summed E-state index contributed by atoms with van der Waals surface area (Å²) in [5.41, 5.74) is 0.609. The number of hydrogen-bond acceptors (Lipinski definition) is 0. The molecule has 1 fully saturated rings. The van der Waals surface area contributed by atoms with Crippen LogP contribution in [0.25, 0.3) is 0 Å². The van der Waals surface area contributed by atoms with Crippen molar-refractivity contribution in [2.45, 2.75) is 39.0 Å². The monoisotopic (exact) mass is 136 g/mol. The smallest absolute Gasteiger partial charge is 0.0118 e. The van der Waals surface area contributed by atoms with Crippen LogP contribution in [0.15, 0.2) is 12.2 Å². The Morgan fingerprint density at radius 3 is 3.10 bits per heavy atom. The largest absolute Gasteiger partial charge is 0.0880 e. The SMILES string of the molecule is CC12C=CCCC1CCC2. The van der Waals surface area contributed by atoms with E-state index in [0.29, 0.717) is 5.41 Å². The Kier molecular flexibility index (Phi) is 1.36. The van der Waals surface area contributed by atoms with Crippen LogP contribution < -0.4 is 0 Å². The third kappa shape index (κ3) is 0.817. The van der Waals surface area contributed by atoms with Gasteiger partial charge in [-0.15, -0.1) is 0 Å². The molecule has 2 atom stereocenters. The summed E-state index contributed by atoms with van der Waals surface area (Å²) in [6.07, 6.45) is 12.0. The molecule has 2 aliphatic carbocycles. The van der Waals surface area contributed by atoms with Crippen LogP contribution in [0.3, 0.4) is 0 Å². The molecule has 0 spiro atoms. The molecule has 0 nitrogen and oxygen atoms in total. The van der Waals surface area contributed by atoms with Crippen molar-refractivity contribution >= 4 is 0 Å². The summed E-state index contributed by atoms with van der Waals surface area (Å²) in [5.74, 6) is 1.03. The van der Waals surface area contributed by atoms with Crippen LogP contribution in [0, 0.1) is 11.3 Å². The summed E-state index contributed by atoms with van der Waals surface area (Å²) in [4.78, 5) is 0. The van der Waals surface area contributed by atoms with E-state index in [-0.39, 0.29) is 0 Å². The van der Waals surface area contributed by atoms with E-state index in [1.54, 1.807) is 0 Å². The topological polar surface area (TPSA) is 0 Å². The lowest BCUT2D eigenvalue weighted by atomic mass is 9.74. The first-order valence-electron chi connectivity index (χ1n) is 4.49. The van der Waals surface area contributed by atoms with Crippen molar-refractivity contribution in [1.82, 2.24) is 0 Å². The molecule has 1 saturated carbocycles. The Balaban J connectivity index is 2.23. The molecular formula is C10H16. The maximum Gasteiger partial charge on any atom is -0.0118 e. The second kappa shape index (κ2) is 2.11. The van der Waals surface area contributed by atoms with Gasteiger partial charge in [-0.3, -0.25) is 0 Å². The van der Waals surface area contributed by atoms with Crippen LogP contribution in [-0.2, 0) is 0 Å². The standard InChI is InChI=1S/C10H16/c1-10-7-3-2-5-9(10)6-4-8-10/h3,7,9H,2,4-6,8H2,1H3. The molecule has 0 N–H and O–H groups in total. The molecule has 0 heteroatoms. The fraction of sp³-hybridized carbons (Fsp3) is 0.800. The number of rotatable bonds is 0. The lowest BCUT2D eigenvalue weighted by molar-refractivity contribution is 0.276. The summed E-state index contributed by atoms with van der Waals surface area (Å²) < 4.78 is 0. The Morgan fingerprint density at radius 1 is 1.40 bits per heavy atom. The highest BCUT2D eigenvalue weighted by molar-refractivity contribution is 5.07. The lowest BCUT2D eigenvalue weighted by Crippen LogP contribution is -2.21. The third-order valence-corrected chi connectivity index (χ3v) is 3.38. The van der Waals surface area contributed by atoms with Crippen LogP contribution in [-0.4, -0.2) is 0 Å². The van der Waals surface area contributed by atoms with Gasteiger partial charge in [0.25, 0.3) is 0 Å². The van der Waals surface area contributed by atoms with Gasteiger partial charge < -0.3 is 0 Å². The van der Waals surface area contributed by atoms with Crippen LogP contribution in [0.1, 0.15) is 39.0 Å². The minimum Gasteiger partial charge on any atom is -0.0880 e. The van der Waals surface area contributed by atoms with Crippen LogP contribution >= 0.6 is 0 Å². The maximum atomic E-state index is 2.47. The van der Waals surface area contributed by atoms with E-state index in [1.165, 1.54) is 32.1 Å². The molecule has 0 aromatic heterocycles. The molecule has 10 heavy (non-hydrogen) atoms. The van der Waals surface area contributed by atoms with Crippen molar-refractivity contribution in [2.75, 3.05) is 0 Å². The van der Waals surface area contributed by atoms with Crippen molar-refractivity contribution in [2.24, 2.45) is 11.3 Å². The highest BCUT2D eigenvalue weighted by atomic mass is 14.4. The van der Waals surface area contributed by atoms with Gasteiger partial charge in [0.1, 0.15) is 0 Å². The Hall–Kier alpha value is -0.260. The number of hydrogen-bond donors (Lipinski definition) is 0. The molecule has 0 aliphatic heterocycles. The molecule has 2 rings (SSSR count). The predicted molar refractivity (Wildman–Crippen MR) is 43.8 cm³/mol. The highest BCUT2D eigenvalue weighted by Gasteiger charge is 2.37. The van der Waals surface area contributed by atoms with Gasteiger partial charge in [-0.05, 0) is 37.0 Å². The van der Waals surface area contributed by atoms with Gasteiger partial charge in [0, 0.05) is 0 Å². The fourth-order valence-corrected chi connectivity index (χ4v) is 2.61. The zero-order valence-corrected chi connectivity index (χ0v) is 6.77. The average Bonchev–Trinajstić information content (AvgIpc) is 2.29. The van der Waals surface area contributed by atoms with E-state index in [9.17, 15) is 0 Å². The molecule has 0 aromatic rings. The maximum absolute atomic E-state index is 2.47. The summed E-state index contributed by atoms with van der Waals surface area (Å²) in [7, 11) is 0. The van der Waals surface area contributed by atoms with Crippen molar-refractivity contribution in [3.05, 3.63) is 12.2 Å². The number of allylic oxidation sites excluding steroid dienone is 2. The molecule has 0 bridgehead atoms. The van der Waals surface area contributed by atoms with E-state index in [1.807, 2.05) is 0 Å². The van der Waals surface area contributed by atoms with Crippen molar-refractivity contribution in [3.8, 4) is 0 Å². The minimum absolute atomic E-state index is 0.609. The summed E-state index contributed by atoms with van der Waals surface area (Å²) in [6.45, 7) is 2.43. The molecule has 0 saturated heterocycles. The third-order valence-electron chi connectivity index (χ3n) is 3.38. The molecule has 56 valence electrons. The van der Waals surface area contributed by atoms with Gasteiger partial charge in [-0.25, -0.2) is 0 Å². The Morgan fingerprint density at radius 2 is 2.30 bits per heavy atom. The molecular weight excluding hydrogens is 120 g/mol. The molecule has 0 radical (unpaired) electrons. The normalized spacial score (nSPS) is 45.5. The first kappa shape index (κ1) is 6.45. The first-order valence-corrected chi connectivity index (χ1v) is 4.49. The summed E-state index contributed by atoms with van der Waals surface area (Å²) >= 11 is 0. The van der Waals surface area contributed by atoms with Gasteiger partial charge in [0.2, 0.25) is 0 Å². The van der Waals surface area contributed by atoms with Gasteiger partial charge in [-0.1, -0.05) is 25.5 Å². The molecule has 2 unspecified atom stereocenters. The number of fused-ring (bicyclic) bond motifs is 1. The van der Waals surface area contributed by atoms with Crippen LogP contribution in [0.2, 0.25) is 0 Å². The molecule has 2 aliphatic rings. The molecule has 0 amide bonds. The van der Waals surface area contributed by atoms with Gasteiger partial charge in [-0.2, -0.15) is 0 Å². The van der Waals surface area contributed by atoms with E-state index in [2.05, 4.69) is 19.1 Å². The van der Waals surface area contributed by atoms with Gasteiger partial charge in [0.15, 0.2) is 0 Å². The van der Waals surface area contributed by atoms with E-state index >= 15 is 0 Å². The van der Waals surface area contributed by atoms with E-state index in [4.69, 9.17) is 0 Å². The fourth-order valence-electron chi connectivity index (χ4n) is 2.61. The zero-order valence-electron chi connectivity index (χ0n) is 6.77. The quantitative estimate of drug-likeness (QED) is 0.449. The highest BCUT2D eigenvalue weighted by Crippen LogP contribution is 2.48. The van der Waals surface area contributed by atoms with Crippen LogP contribution in [0.4, 0.5) is 0 Å². The Labute approximate surface area is 63.3 Å². The van der Waals surface area contributed by atoms with Crippen molar-refractivity contribution < 1.29 is 0 Å². The Bertz CT molecular complexity index is 157. The van der Waals surface area contributed by atoms with E-state index in [0.717, 1.165) is 5.92 Å². The zero-order chi connectivity index (χ0) is 7.03. The van der Waals surface area contributed by atoms with E-state index < -0.39 is 0 Å². The summed E-state index contributed by atoms with van der Waals surface area (Å²) in [5, 5.41) is 0.